The summed E-state index contributed by atoms with van der Waals surface area (Å²) in [5, 5.41) is 3.33. The first-order valence-electron chi connectivity index (χ1n) is 7.50. The lowest BCUT2D eigenvalue weighted by Crippen LogP contribution is -2.28. The summed E-state index contributed by atoms with van der Waals surface area (Å²) in [4.78, 5) is 24.5. The molecule has 1 amide bonds. The van der Waals surface area contributed by atoms with E-state index in [1.54, 1.807) is 12.1 Å². The number of esters is 1. The Labute approximate surface area is 164 Å². The quantitative estimate of drug-likeness (QED) is 0.511. The number of thioether (sulfide) groups is 1. The smallest absolute Gasteiger partial charge is 0.316 e. The summed E-state index contributed by atoms with van der Waals surface area (Å²) in [7, 11) is 0. The van der Waals surface area contributed by atoms with E-state index >= 15 is 0 Å². The molecular weight excluding hydrogens is 426 g/mol. The van der Waals surface area contributed by atoms with Crippen molar-refractivity contribution in [2.24, 2.45) is 0 Å². The highest BCUT2D eigenvalue weighted by Gasteiger charge is 2.09. The van der Waals surface area contributed by atoms with E-state index in [0.717, 1.165) is 20.5 Å². The van der Waals surface area contributed by atoms with Crippen molar-refractivity contribution in [1.29, 1.82) is 0 Å². The highest BCUT2D eigenvalue weighted by Crippen LogP contribution is 2.25. The van der Waals surface area contributed by atoms with Gasteiger partial charge in [0.15, 0.2) is 6.61 Å². The average Bonchev–Trinajstić information content (AvgIpc) is 2.58. The number of ether oxygens (including phenoxy) is 1. The largest absolute Gasteiger partial charge is 0.455 e. The molecule has 0 saturated carbocycles. The molecule has 0 unspecified atom stereocenters. The van der Waals surface area contributed by atoms with Gasteiger partial charge >= 0.3 is 5.97 Å². The Morgan fingerprint density at radius 2 is 1.92 bits per heavy atom. The first-order chi connectivity index (χ1) is 11.9. The summed E-state index contributed by atoms with van der Waals surface area (Å²) >= 11 is 10.6. The second-order valence-electron chi connectivity index (χ2n) is 5.26. The Hall–Kier alpha value is -1.50. The third-order valence-electron chi connectivity index (χ3n) is 3.25. The zero-order chi connectivity index (χ0) is 18.2. The van der Waals surface area contributed by atoms with Crippen LogP contribution < -0.4 is 5.32 Å². The number of amides is 1. The molecule has 0 radical (unpaired) electrons. The summed E-state index contributed by atoms with van der Waals surface area (Å²) in [6.07, 6.45) is 0. The van der Waals surface area contributed by atoms with Crippen LogP contribution in [0.3, 0.4) is 0 Å². The van der Waals surface area contributed by atoms with Gasteiger partial charge in [0.05, 0.1) is 5.75 Å². The van der Waals surface area contributed by atoms with Gasteiger partial charge in [0.25, 0.3) is 5.91 Å². The van der Waals surface area contributed by atoms with Crippen LogP contribution in [-0.4, -0.2) is 24.2 Å². The van der Waals surface area contributed by atoms with E-state index in [0.29, 0.717) is 11.6 Å². The fraction of sp³-hybridized carbons (Fsp3) is 0.222. The van der Waals surface area contributed by atoms with Crippen molar-refractivity contribution in [3.63, 3.8) is 0 Å². The molecule has 0 fully saturated rings. The predicted octanol–water partition coefficient (Wildman–Crippen LogP) is 4.36. The van der Waals surface area contributed by atoms with E-state index in [4.69, 9.17) is 16.3 Å². The van der Waals surface area contributed by atoms with Crippen molar-refractivity contribution in [2.45, 2.75) is 18.4 Å². The molecule has 0 aliphatic heterocycles. The normalized spacial score (nSPS) is 10.4. The minimum Gasteiger partial charge on any atom is -0.455 e. The molecule has 0 aliphatic carbocycles. The van der Waals surface area contributed by atoms with Crippen LogP contribution in [0.4, 0.5) is 0 Å². The van der Waals surface area contributed by atoms with Crippen molar-refractivity contribution in [2.75, 3.05) is 12.4 Å². The van der Waals surface area contributed by atoms with Crippen molar-refractivity contribution in [3.8, 4) is 0 Å². The fourth-order valence-electron chi connectivity index (χ4n) is 1.95. The molecule has 132 valence electrons. The van der Waals surface area contributed by atoms with Gasteiger partial charge in [0.1, 0.15) is 0 Å². The van der Waals surface area contributed by atoms with Crippen LogP contribution in [0.5, 0.6) is 0 Å². The summed E-state index contributed by atoms with van der Waals surface area (Å²) in [5.41, 5.74) is 2.00. The highest BCUT2D eigenvalue weighted by atomic mass is 79.9. The molecule has 0 bridgehead atoms. The summed E-state index contributed by atoms with van der Waals surface area (Å²) in [6, 6.07) is 13.0. The molecule has 0 spiro atoms. The summed E-state index contributed by atoms with van der Waals surface area (Å²) in [5.74, 6) is -0.602. The molecule has 0 aromatic heterocycles. The minimum absolute atomic E-state index is 0.160. The number of hydrogen-bond acceptors (Lipinski definition) is 4. The van der Waals surface area contributed by atoms with Gasteiger partial charge in [0.2, 0.25) is 0 Å². The van der Waals surface area contributed by atoms with Crippen molar-refractivity contribution in [3.05, 3.63) is 63.1 Å². The van der Waals surface area contributed by atoms with Gasteiger partial charge in [-0.1, -0.05) is 39.7 Å². The Morgan fingerprint density at radius 3 is 2.60 bits per heavy atom. The lowest BCUT2D eigenvalue weighted by atomic mass is 10.2. The third-order valence-corrected chi connectivity index (χ3v) is 5.14. The van der Waals surface area contributed by atoms with Crippen LogP contribution in [0.1, 0.15) is 11.1 Å². The fourth-order valence-corrected chi connectivity index (χ4v) is 3.36. The molecular formula is C18H17BrClNO3S. The number of carbonyl (C=O) groups is 2. The van der Waals surface area contributed by atoms with Gasteiger partial charge in [-0.05, 0) is 48.4 Å². The lowest BCUT2D eigenvalue weighted by Gasteiger charge is -2.08. The number of hydrogen-bond donors (Lipinski definition) is 1. The third kappa shape index (κ3) is 7.10. The van der Waals surface area contributed by atoms with Gasteiger partial charge in [-0.3, -0.25) is 9.59 Å². The maximum absolute atomic E-state index is 11.8. The van der Waals surface area contributed by atoms with Crippen LogP contribution in [0.15, 0.2) is 51.8 Å². The molecule has 25 heavy (non-hydrogen) atoms. The number of benzene rings is 2. The second kappa shape index (κ2) is 9.85. The van der Waals surface area contributed by atoms with Gasteiger partial charge in [0, 0.05) is 20.9 Å². The average molecular weight is 443 g/mol. The van der Waals surface area contributed by atoms with E-state index in [-0.39, 0.29) is 18.3 Å². The standard InChI is InChI=1S/C18H17BrClNO3S/c1-12-8-14(19)4-7-16(12)25-11-18(23)24-10-17(22)21-9-13-2-5-15(20)6-3-13/h2-8H,9-11H2,1H3,(H,21,22). The van der Waals surface area contributed by atoms with E-state index in [9.17, 15) is 9.59 Å². The predicted molar refractivity (Wildman–Crippen MR) is 104 cm³/mol. The minimum atomic E-state index is -0.422. The number of halogens is 2. The number of carbonyl (C=O) groups excluding carboxylic acids is 2. The van der Waals surface area contributed by atoms with E-state index in [1.807, 2.05) is 37.3 Å². The first-order valence-corrected chi connectivity index (χ1v) is 9.65. The highest BCUT2D eigenvalue weighted by molar-refractivity contribution is 9.10. The zero-order valence-corrected chi connectivity index (χ0v) is 16.7. The monoisotopic (exact) mass is 441 g/mol. The van der Waals surface area contributed by atoms with Crippen LogP contribution in [0, 0.1) is 6.92 Å². The molecule has 2 aromatic rings. The molecule has 2 aromatic carbocycles. The lowest BCUT2D eigenvalue weighted by molar-refractivity contribution is -0.145. The van der Waals surface area contributed by atoms with Gasteiger partial charge in [-0.2, -0.15) is 0 Å². The first kappa shape index (κ1) is 19.8. The second-order valence-corrected chi connectivity index (χ2v) is 7.63. The molecule has 0 saturated heterocycles. The summed E-state index contributed by atoms with van der Waals surface area (Å²) < 4.78 is 5.99. The van der Waals surface area contributed by atoms with E-state index in [1.165, 1.54) is 11.8 Å². The van der Waals surface area contributed by atoms with Crippen molar-refractivity contribution in [1.82, 2.24) is 5.32 Å². The van der Waals surface area contributed by atoms with Gasteiger partial charge in [-0.15, -0.1) is 11.8 Å². The summed E-state index contributed by atoms with van der Waals surface area (Å²) in [6.45, 7) is 2.05. The Balaban J connectivity index is 1.68. The number of aryl methyl sites for hydroxylation is 1. The van der Waals surface area contributed by atoms with Crippen molar-refractivity contribution < 1.29 is 14.3 Å². The topological polar surface area (TPSA) is 55.4 Å². The molecule has 4 nitrogen and oxygen atoms in total. The Morgan fingerprint density at radius 1 is 1.20 bits per heavy atom. The molecule has 2 rings (SSSR count). The Kier molecular flexibility index (Phi) is 7.81. The Bertz CT molecular complexity index is 752. The van der Waals surface area contributed by atoms with Crippen LogP contribution in [-0.2, 0) is 20.9 Å². The molecule has 0 atom stereocenters. The van der Waals surface area contributed by atoms with Gasteiger partial charge < -0.3 is 10.1 Å². The molecule has 7 heteroatoms. The maximum atomic E-state index is 11.8. The van der Waals surface area contributed by atoms with Crippen LogP contribution in [0.25, 0.3) is 0 Å². The number of nitrogens with one attached hydrogen (secondary N) is 1. The van der Waals surface area contributed by atoms with E-state index in [2.05, 4.69) is 21.2 Å². The van der Waals surface area contributed by atoms with E-state index < -0.39 is 5.97 Å². The number of rotatable bonds is 7. The van der Waals surface area contributed by atoms with Crippen LogP contribution >= 0.6 is 39.3 Å². The van der Waals surface area contributed by atoms with Gasteiger partial charge in [-0.25, -0.2) is 0 Å². The molecule has 0 heterocycles. The maximum Gasteiger partial charge on any atom is 0.316 e. The SMILES string of the molecule is Cc1cc(Br)ccc1SCC(=O)OCC(=O)NCc1ccc(Cl)cc1. The van der Waals surface area contributed by atoms with Crippen LogP contribution in [0.2, 0.25) is 5.02 Å². The zero-order valence-electron chi connectivity index (χ0n) is 13.6. The van der Waals surface area contributed by atoms with Crippen molar-refractivity contribution >= 4 is 51.2 Å². The molecule has 0 aliphatic rings. The molecule has 1 N–H and O–H groups in total.